The third-order valence-corrected chi connectivity index (χ3v) is 5.24. The number of likely N-dealkylation sites (tertiary alicyclic amines) is 1. The SMILES string of the molecule is NC1CCCC2CN(Cc3cc(Cl)cc(Cl)c3O)CC12. The fourth-order valence-corrected chi connectivity index (χ4v) is 4.25. The summed E-state index contributed by atoms with van der Waals surface area (Å²) in [5.74, 6) is 1.45. The molecule has 1 aromatic rings. The molecule has 3 nitrogen and oxygen atoms in total. The molecule has 1 aliphatic heterocycles. The third kappa shape index (κ3) is 2.77. The van der Waals surface area contributed by atoms with Crippen molar-refractivity contribution in [1.29, 1.82) is 0 Å². The van der Waals surface area contributed by atoms with E-state index in [2.05, 4.69) is 4.90 Å². The molecule has 2 fully saturated rings. The average Bonchev–Trinajstić information content (AvgIpc) is 2.79. The summed E-state index contributed by atoms with van der Waals surface area (Å²) in [6.45, 7) is 2.75. The second kappa shape index (κ2) is 5.72. The molecular weight excluding hydrogens is 295 g/mol. The summed E-state index contributed by atoms with van der Waals surface area (Å²) in [6, 6.07) is 3.70. The summed E-state index contributed by atoms with van der Waals surface area (Å²) in [5, 5.41) is 10.9. The van der Waals surface area contributed by atoms with Crippen molar-refractivity contribution in [2.45, 2.75) is 31.8 Å². The maximum Gasteiger partial charge on any atom is 0.138 e. The zero-order valence-corrected chi connectivity index (χ0v) is 12.9. The largest absolute Gasteiger partial charge is 0.506 e. The molecule has 5 heteroatoms. The molecule has 3 rings (SSSR count). The van der Waals surface area contributed by atoms with Gasteiger partial charge in [0.2, 0.25) is 0 Å². The molecule has 3 atom stereocenters. The fraction of sp³-hybridized carbons (Fsp3) is 0.600. The predicted octanol–water partition coefficient (Wildman–Crippen LogP) is 3.26. The number of nitrogens with two attached hydrogens (primary N) is 1. The van der Waals surface area contributed by atoms with Gasteiger partial charge in [-0.3, -0.25) is 4.90 Å². The molecule has 1 aliphatic carbocycles. The highest BCUT2D eigenvalue weighted by Gasteiger charge is 2.38. The van der Waals surface area contributed by atoms with E-state index in [-0.39, 0.29) is 5.75 Å². The molecular formula is C15H20Cl2N2O. The van der Waals surface area contributed by atoms with Crippen molar-refractivity contribution < 1.29 is 5.11 Å². The minimum Gasteiger partial charge on any atom is -0.506 e. The second-order valence-corrected chi connectivity index (χ2v) is 6.95. The van der Waals surface area contributed by atoms with Gasteiger partial charge in [-0.05, 0) is 36.8 Å². The minimum absolute atomic E-state index is 0.148. The molecule has 2 aliphatic rings. The van der Waals surface area contributed by atoms with Gasteiger partial charge in [0.15, 0.2) is 0 Å². The predicted molar refractivity (Wildman–Crippen MR) is 82.2 cm³/mol. The summed E-state index contributed by atoms with van der Waals surface area (Å²) >= 11 is 12.0. The van der Waals surface area contributed by atoms with Gasteiger partial charge in [-0.1, -0.05) is 29.6 Å². The summed E-state index contributed by atoms with van der Waals surface area (Å²) in [4.78, 5) is 2.36. The van der Waals surface area contributed by atoms with E-state index in [1.54, 1.807) is 12.1 Å². The first-order chi connectivity index (χ1) is 9.54. The Hall–Kier alpha value is -0.480. The summed E-state index contributed by atoms with van der Waals surface area (Å²) in [6.07, 6.45) is 3.66. The number of rotatable bonds is 2. The van der Waals surface area contributed by atoms with Gasteiger partial charge in [0, 0.05) is 36.3 Å². The number of halogens is 2. The number of nitrogens with zero attached hydrogens (tertiary/aromatic N) is 1. The van der Waals surface area contributed by atoms with Crippen LogP contribution in [0.4, 0.5) is 0 Å². The summed E-state index contributed by atoms with van der Waals surface area (Å²) in [7, 11) is 0. The van der Waals surface area contributed by atoms with E-state index in [4.69, 9.17) is 28.9 Å². The average molecular weight is 315 g/mol. The lowest BCUT2D eigenvalue weighted by Crippen LogP contribution is -2.38. The van der Waals surface area contributed by atoms with E-state index >= 15 is 0 Å². The standard InChI is InChI=1S/C15H20Cl2N2O/c16-11-4-10(15(20)13(17)5-11)7-19-6-9-2-1-3-14(18)12(9)8-19/h4-5,9,12,14,20H,1-3,6-8,18H2. The first kappa shape index (κ1) is 14.5. The van der Waals surface area contributed by atoms with Gasteiger partial charge in [-0.2, -0.15) is 0 Å². The quantitative estimate of drug-likeness (QED) is 0.881. The Bertz CT molecular complexity index is 509. The lowest BCUT2D eigenvalue weighted by atomic mass is 9.78. The van der Waals surface area contributed by atoms with Gasteiger partial charge in [0.25, 0.3) is 0 Å². The van der Waals surface area contributed by atoms with Crippen molar-refractivity contribution in [1.82, 2.24) is 4.90 Å². The number of benzene rings is 1. The van der Waals surface area contributed by atoms with Crippen LogP contribution in [0, 0.1) is 11.8 Å². The lowest BCUT2D eigenvalue weighted by Gasteiger charge is -2.29. The number of phenolic OH excluding ortho intramolecular Hbond substituents is 1. The molecule has 1 aromatic carbocycles. The molecule has 1 saturated carbocycles. The molecule has 1 heterocycles. The van der Waals surface area contributed by atoms with Gasteiger partial charge >= 0.3 is 0 Å². The number of aromatic hydroxyl groups is 1. The van der Waals surface area contributed by atoms with E-state index in [9.17, 15) is 5.11 Å². The second-order valence-electron chi connectivity index (χ2n) is 6.11. The fourth-order valence-electron chi connectivity index (χ4n) is 3.72. The first-order valence-corrected chi connectivity index (χ1v) is 7.95. The Labute approximate surface area is 129 Å². The maximum absolute atomic E-state index is 10.1. The van der Waals surface area contributed by atoms with Crippen molar-refractivity contribution in [2.75, 3.05) is 13.1 Å². The molecule has 110 valence electrons. The van der Waals surface area contributed by atoms with Crippen LogP contribution in [0.2, 0.25) is 10.0 Å². The Kier molecular flexibility index (Phi) is 4.14. The normalized spacial score (nSPS) is 30.4. The zero-order chi connectivity index (χ0) is 14.3. The van der Waals surface area contributed by atoms with Gasteiger partial charge in [-0.15, -0.1) is 0 Å². The first-order valence-electron chi connectivity index (χ1n) is 7.19. The zero-order valence-electron chi connectivity index (χ0n) is 11.4. The van der Waals surface area contributed by atoms with Crippen molar-refractivity contribution in [3.8, 4) is 5.75 Å². The van der Waals surface area contributed by atoms with E-state index in [0.717, 1.165) is 25.1 Å². The van der Waals surface area contributed by atoms with E-state index in [1.807, 2.05) is 0 Å². The Morgan fingerprint density at radius 1 is 1.25 bits per heavy atom. The van der Waals surface area contributed by atoms with Crippen LogP contribution >= 0.6 is 23.2 Å². The van der Waals surface area contributed by atoms with Crippen LogP contribution in [0.3, 0.4) is 0 Å². The van der Waals surface area contributed by atoms with Crippen molar-refractivity contribution in [3.05, 3.63) is 27.7 Å². The molecule has 3 N–H and O–H groups in total. The van der Waals surface area contributed by atoms with Crippen molar-refractivity contribution >= 4 is 23.2 Å². The van der Waals surface area contributed by atoms with Crippen LogP contribution < -0.4 is 5.73 Å². The molecule has 0 aromatic heterocycles. The lowest BCUT2D eigenvalue weighted by molar-refractivity contribution is 0.259. The highest BCUT2D eigenvalue weighted by Crippen LogP contribution is 2.38. The highest BCUT2D eigenvalue weighted by molar-refractivity contribution is 6.35. The number of hydrogen-bond donors (Lipinski definition) is 2. The maximum atomic E-state index is 10.1. The van der Waals surface area contributed by atoms with Crippen LogP contribution in [0.25, 0.3) is 0 Å². The minimum atomic E-state index is 0.148. The number of phenols is 1. The van der Waals surface area contributed by atoms with E-state index in [0.29, 0.717) is 34.5 Å². The molecule has 1 saturated heterocycles. The Morgan fingerprint density at radius 3 is 2.80 bits per heavy atom. The van der Waals surface area contributed by atoms with E-state index < -0.39 is 0 Å². The molecule has 0 radical (unpaired) electrons. The van der Waals surface area contributed by atoms with Crippen LogP contribution in [0.1, 0.15) is 24.8 Å². The van der Waals surface area contributed by atoms with Crippen molar-refractivity contribution in [3.63, 3.8) is 0 Å². The molecule has 0 spiro atoms. The van der Waals surface area contributed by atoms with Gasteiger partial charge in [0.1, 0.15) is 5.75 Å². The van der Waals surface area contributed by atoms with Gasteiger partial charge in [-0.25, -0.2) is 0 Å². The highest BCUT2D eigenvalue weighted by atomic mass is 35.5. The van der Waals surface area contributed by atoms with Gasteiger partial charge in [0.05, 0.1) is 5.02 Å². The summed E-state index contributed by atoms with van der Waals surface area (Å²) in [5.41, 5.74) is 7.04. The number of hydrogen-bond acceptors (Lipinski definition) is 3. The van der Waals surface area contributed by atoms with Crippen molar-refractivity contribution in [2.24, 2.45) is 17.6 Å². The Morgan fingerprint density at radius 2 is 2.05 bits per heavy atom. The Balaban J connectivity index is 1.73. The summed E-state index contributed by atoms with van der Waals surface area (Å²) < 4.78 is 0. The van der Waals surface area contributed by atoms with Crippen LogP contribution in [0.5, 0.6) is 5.75 Å². The molecule has 20 heavy (non-hydrogen) atoms. The topological polar surface area (TPSA) is 49.5 Å². The van der Waals surface area contributed by atoms with Crippen LogP contribution in [0.15, 0.2) is 12.1 Å². The smallest absolute Gasteiger partial charge is 0.138 e. The monoisotopic (exact) mass is 314 g/mol. The van der Waals surface area contributed by atoms with Gasteiger partial charge < -0.3 is 10.8 Å². The molecule has 3 unspecified atom stereocenters. The van der Waals surface area contributed by atoms with E-state index in [1.165, 1.54) is 12.8 Å². The molecule has 0 bridgehead atoms. The molecule has 0 amide bonds. The van der Waals surface area contributed by atoms with Crippen LogP contribution in [-0.4, -0.2) is 29.1 Å². The third-order valence-electron chi connectivity index (χ3n) is 4.73. The van der Waals surface area contributed by atoms with Crippen LogP contribution in [-0.2, 0) is 6.54 Å². The number of fused-ring (bicyclic) bond motifs is 1.